The molecule has 1 unspecified atom stereocenters. The number of carbonyl (C=O) groups is 2. The molecule has 0 saturated carbocycles. The van der Waals surface area contributed by atoms with Gasteiger partial charge in [0.05, 0.1) is 6.61 Å². The molecule has 0 amide bonds. The Morgan fingerprint density at radius 1 is 0.346 bits per heavy atom. The molecule has 0 radical (unpaired) electrons. The van der Waals surface area contributed by atoms with Gasteiger partial charge >= 0.3 is 11.9 Å². The Morgan fingerprint density at radius 2 is 0.635 bits per heavy atom. The fraction of sp³-hybridized carbons (Fsp3) is 0.957. The molecule has 0 aromatic carbocycles. The van der Waals surface area contributed by atoms with Crippen molar-refractivity contribution in [2.45, 2.75) is 271 Å². The molecule has 0 aliphatic carbocycles. The summed E-state index contributed by atoms with van der Waals surface area (Å²) in [6.07, 6.45) is 46.7. The maximum Gasteiger partial charge on any atom is 0.306 e. The summed E-state index contributed by atoms with van der Waals surface area (Å²) < 4.78 is 17.3. The topological polar surface area (TPSA) is 61.8 Å². The Kier molecular flexibility index (Phi) is 43.4. The van der Waals surface area contributed by atoms with Gasteiger partial charge in [0.2, 0.25) is 0 Å². The van der Waals surface area contributed by atoms with Crippen LogP contribution >= 0.6 is 0 Å². The highest BCUT2D eigenvalue weighted by Gasteiger charge is 2.17. The van der Waals surface area contributed by atoms with Crippen LogP contribution in [0.5, 0.6) is 0 Å². The quantitative estimate of drug-likeness (QED) is 0.0460. The van der Waals surface area contributed by atoms with E-state index in [1.165, 1.54) is 199 Å². The van der Waals surface area contributed by atoms with Gasteiger partial charge in [-0.2, -0.15) is 0 Å². The lowest BCUT2D eigenvalue weighted by molar-refractivity contribution is -0.163. The van der Waals surface area contributed by atoms with Crippen LogP contribution in [0.4, 0.5) is 0 Å². The molecule has 0 bridgehead atoms. The molecule has 310 valence electrons. The van der Waals surface area contributed by atoms with E-state index in [1.54, 1.807) is 0 Å². The first kappa shape index (κ1) is 50.9. The van der Waals surface area contributed by atoms with Crippen molar-refractivity contribution in [1.82, 2.24) is 0 Å². The van der Waals surface area contributed by atoms with Crippen LogP contribution in [-0.4, -0.2) is 37.9 Å². The highest BCUT2D eigenvalue weighted by atomic mass is 16.6. The zero-order valence-corrected chi connectivity index (χ0v) is 35.6. The van der Waals surface area contributed by atoms with Crippen LogP contribution in [0.25, 0.3) is 0 Å². The molecule has 0 fully saturated rings. The van der Waals surface area contributed by atoms with Crippen LogP contribution in [0.15, 0.2) is 0 Å². The first-order valence-electron chi connectivity index (χ1n) is 23.6. The Hall–Kier alpha value is -1.10. The van der Waals surface area contributed by atoms with E-state index in [0.29, 0.717) is 26.1 Å². The minimum atomic E-state index is -0.520. The van der Waals surface area contributed by atoms with Crippen molar-refractivity contribution in [3.05, 3.63) is 0 Å². The van der Waals surface area contributed by atoms with E-state index in [0.717, 1.165) is 32.1 Å². The average Bonchev–Trinajstić information content (AvgIpc) is 3.14. The van der Waals surface area contributed by atoms with Crippen molar-refractivity contribution in [3.63, 3.8) is 0 Å². The van der Waals surface area contributed by atoms with Crippen LogP contribution in [0, 0.1) is 0 Å². The van der Waals surface area contributed by atoms with Gasteiger partial charge in [-0.15, -0.1) is 0 Å². The Morgan fingerprint density at radius 3 is 0.981 bits per heavy atom. The Balaban J connectivity index is 4.13. The van der Waals surface area contributed by atoms with Crippen molar-refractivity contribution in [2.75, 3.05) is 19.8 Å². The largest absolute Gasteiger partial charge is 0.462 e. The molecular weight excluding hydrogens is 645 g/mol. The third-order valence-electron chi connectivity index (χ3n) is 10.6. The summed E-state index contributed by atoms with van der Waals surface area (Å²) in [5.41, 5.74) is 0. The molecular formula is C47H92O5. The molecule has 0 saturated heterocycles. The van der Waals surface area contributed by atoms with Crippen LogP contribution in [0.3, 0.4) is 0 Å². The molecule has 5 nitrogen and oxygen atoms in total. The maximum absolute atomic E-state index is 12.7. The first-order valence-corrected chi connectivity index (χ1v) is 23.6. The second-order valence-corrected chi connectivity index (χ2v) is 16.0. The number of carbonyl (C=O) groups excluding carboxylic acids is 2. The van der Waals surface area contributed by atoms with Crippen LogP contribution in [0.1, 0.15) is 265 Å². The number of rotatable bonds is 44. The summed E-state index contributed by atoms with van der Waals surface area (Å²) in [7, 11) is 0. The van der Waals surface area contributed by atoms with E-state index >= 15 is 0 Å². The molecule has 0 spiro atoms. The zero-order chi connectivity index (χ0) is 37.8. The first-order chi connectivity index (χ1) is 25.6. The Bertz CT molecular complexity index is 710. The fourth-order valence-electron chi connectivity index (χ4n) is 7.10. The minimum absolute atomic E-state index is 0.0967. The van der Waals surface area contributed by atoms with E-state index in [4.69, 9.17) is 14.2 Å². The number of hydrogen-bond donors (Lipinski definition) is 0. The summed E-state index contributed by atoms with van der Waals surface area (Å²) in [4.78, 5) is 25.2. The maximum atomic E-state index is 12.7. The lowest BCUT2D eigenvalue weighted by Crippen LogP contribution is -2.30. The van der Waals surface area contributed by atoms with Gasteiger partial charge in [0, 0.05) is 19.4 Å². The van der Waals surface area contributed by atoms with Crippen molar-refractivity contribution < 1.29 is 23.8 Å². The van der Waals surface area contributed by atoms with E-state index in [9.17, 15) is 9.59 Å². The second kappa shape index (κ2) is 44.3. The lowest BCUT2D eigenvalue weighted by atomic mass is 10.0. The molecule has 1 atom stereocenters. The normalized spacial score (nSPS) is 12.0. The van der Waals surface area contributed by atoms with Gasteiger partial charge < -0.3 is 14.2 Å². The van der Waals surface area contributed by atoms with Gasteiger partial charge in [0.1, 0.15) is 6.61 Å². The molecule has 0 aliphatic heterocycles. The fourth-order valence-corrected chi connectivity index (χ4v) is 7.10. The van der Waals surface area contributed by atoms with Gasteiger partial charge in [-0.05, 0) is 19.3 Å². The zero-order valence-electron chi connectivity index (χ0n) is 35.6. The van der Waals surface area contributed by atoms with Gasteiger partial charge in [-0.1, -0.05) is 233 Å². The van der Waals surface area contributed by atoms with Crippen LogP contribution < -0.4 is 0 Å². The molecule has 0 aromatic heterocycles. The standard InChI is InChI=1S/C47H92O5/c1-4-7-10-13-16-19-21-23-24-25-26-29-31-34-37-40-46(48)51-44-45(52-47(49)41-38-35-32-28-18-15-12-9-6-3)43-50-42-39-36-33-30-27-22-20-17-14-11-8-5-2/h45H,4-44H2,1-3H3. The molecule has 0 N–H and O–H groups in total. The Labute approximate surface area is 325 Å². The third kappa shape index (κ3) is 41.7. The van der Waals surface area contributed by atoms with Gasteiger partial charge in [-0.25, -0.2) is 0 Å². The summed E-state index contributed by atoms with van der Waals surface area (Å²) in [6.45, 7) is 7.87. The van der Waals surface area contributed by atoms with Crippen molar-refractivity contribution in [3.8, 4) is 0 Å². The molecule has 0 heterocycles. The van der Waals surface area contributed by atoms with Gasteiger partial charge in [-0.3, -0.25) is 9.59 Å². The predicted molar refractivity (Wildman–Crippen MR) is 224 cm³/mol. The van der Waals surface area contributed by atoms with Gasteiger partial charge in [0.15, 0.2) is 6.10 Å². The summed E-state index contributed by atoms with van der Waals surface area (Å²) >= 11 is 0. The summed E-state index contributed by atoms with van der Waals surface area (Å²) in [5.74, 6) is -0.379. The van der Waals surface area contributed by atoms with Crippen molar-refractivity contribution >= 4 is 11.9 Å². The third-order valence-corrected chi connectivity index (χ3v) is 10.6. The van der Waals surface area contributed by atoms with E-state index in [2.05, 4.69) is 20.8 Å². The molecule has 52 heavy (non-hydrogen) atoms. The molecule has 0 rings (SSSR count). The smallest absolute Gasteiger partial charge is 0.306 e. The lowest BCUT2D eigenvalue weighted by Gasteiger charge is -2.18. The van der Waals surface area contributed by atoms with Crippen molar-refractivity contribution in [2.24, 2.45) is 0 Å². The minimum Gasteiger partial charge on any atom is -0.462 e. The monoisotopic (exact) mass is 737 g/mol. The number of unbranched alkanes of at least 4 members (excludes halogenated alkanes) is 33. The number of ether oxygens (including phenoxy) is 3. The highest BCUT2D eigenvalue weighted by molar-refractivity contribution is 5.70. The summed E-state index contributed by atoms with van der Waals surface area (Å²) in [5, 5.41) is 0. The van der Waals surface area contributed by atoms with Crippen molar-refractivity contribution in [1.29, 1.82) is 0 Å². The number of esters is 2. The van der Waals surface area contributed by atoms with E-state index in [-0.39, 0.29) is 18.5 Å². The van der Waals surface area contributed by atoms with E-state index < -0.39 is 6.10 Å². The SMILES string of the molecule is CCCCCCCCCCCCCCCCCC(=O)OCC(COCCCCCCCCCCCCCC)OC(=O)CCCCCCCCCCC. The molecule has 0 aliphatic rings. The molecule has 0 aromatic rings. The predicted octanol–water partition coefficient (Wildman–Crippen LogP) is 15.3. The van der Waals surface area contributed by atoms with E-state index in [1.807, 2.05) is 0 Å². The van der Waals surface area contributed by atoms with Crippen LogP contribution in [-0.2, 0) is 23.8 Å². The van der Waals surface area contributed by atoms with Crippen LogP contribution in [0.2, 0.25) is 0 Å². The number of hydrogen-bond acceptors (Lipinski definition) is 5. The second-order valence-electron chi connectivity index (χ2n) is 16.0. The molecule has 5 heteroatoms. The summed E-state index contributed by atoms with van der Waals surface area (Å²) in [6, 6.07) is 0. The average molecular weight is 737 g/mol. The highest BCUT2D eigenvalue weighted by Crippen LogP contribution is 2.16. The van der Waals surface area contributed by atoms with Gasteiger partial charge in [0.25, 0.3) is 0 Å².